The van der Waals surface area contributed by atoms with Crippen molar-refractivity contribution in [3.63, 3.8) is 0 Å². The average molecular weight is 324 g/mol. The first-order valence-electron chi connectivity index (χ1n) is 5.83. The first-order valence-corrected chi connectivity index (χ1v) is 7.06. The van der Waals surface area contributed by atoms with Crippen LogP contribution in [0, 0.1) is 0 Å². The molecule has 0 amide bonds. The predicted octanol–water partition coefficient (Wildman–Crippen LogP) is 4.81. The molecule has 0 fully saturated rings. The molecule has 0 saturated heterocycles. The lowest BCUT2D eigenvalue weighted by molar-refractivity contribution is 0.134. The minimum absolute atomic E-state index is 0.107. The zero-order valence-electron chi connectivity index (χ0n) is 9.70. The number of rotatable bonds is 2. The molecule has 3 rings (SSSR count). The number of halogens is 2. The summed E-state index contributed by atoms with van der Waals surface area (Å²) in [6.45, 7) is 1.42. The van der Waals surface area contributed by atoms with Crippen LogP contribution in [-0.4, -0.2) is 0 Å². The summed E-state index contributed by atoms with van der Waals surface area (Å²) in [5.41, 5.74) is 4.77. The Morgan fingerprint density at radius 1 is 0.944 bits per heavy atom. The fourth-order valence-corrected chi connectivity index (χ4v) is 2.72. The number of hydrogen-bond acceptors (Lipinski definition) is 1. The van der Waals surface area contributed by atoms with E-state index in [9.17, 15) is 0 Å². The van der Waals surface area contributed by atoms with Crippen LogP contribution >= 0.6 is 27.5 Å². The molecule has 1 aliphatic rings. The summed E-state index contributed by atoms with van der Waals surface area (Å²) in [4.78, 5) is 0. The van der Waals surface area contributed by atoms with Crippen molar-refractivity contribution in [1.29, 1.82) is 0 Å². The summed E-state index contributed by atoms with van der Waals surface area (Å²) in [5.74, 6) is 0. The third kappa shape index (κ3) is 2.33. The normalized spacial score (nSPS) is 15.4. The number of alkyl halides is 1. The van der Waals surface area contributed by atoms with E-state index in [0.29, 0.717) is 6.61 Å². The van der Waals surface area contributed by atoms with Crippen LogP contribution in [0.2, 0.25) is 0 Å². The van der Waals surface area contributed by atoms with Crippen molar-refractivity contribution in [3.05, 3.63) is 69.2 Å². The average Bonchev–Trinajstić information content (AvgIpc) is 2.86. The standard InChI is InChI=1S/C15H12BrClO/c16-14-5-3-10(4-6-14)15(17)11-1-2-12-8-18-9-13(12)7-11/h1-7,15H,8-9H2. The van der Waals surface area contributed by atoms with Crippen molar-refractivity contribution in [1.82, 2.24) is 0 Å². The maximum atomic E-state index is 6.53. The van der Waals surface area contributed by atoms with Crippen LogP contribution in [0.1, 0.15) is 27.6 Å². The van der Waals surface area contributed by atoms with E-state index in [1.807, 2.05) is 24.3 Å². The maximum absolute atomic E-state index is 6.53. The summed E-state index contributed by atoms with van der Waals surface area (Å²) in [6.07, 6.45) is 0. The van der Waals surface area contributed by atoms with Crippen LogP contribution in [0.5, 0.6) is 0 Å². The Labute approximate surface area is 120 Å². The molecule has 1 unspecified atom stereocenters. The molecule has 2 aromatic rings. The molecule has 0 saturated carbocycles. The minimum Gasteiger partial charge on any atom is -0.372 e. The lowest BCUT2D eigenvalue weighted by Crippen LogP contribution is -1.95. The second-order valence-corrected chi connectivity index (χ2v) is 5.79. The number of benzene rings is 2. The highest BCUT2D eigenvalue weighted by Crippen LogP contribution is 2.32. The zero-order valence-corrected chi connectivity index (χ0v) is 12.0. The third-order valence-electron chi connectivity index (χ3n) is 3.20. The monoisotopic (exact) mass is 322 g/mol. The van der Waals surface area contributed by atoms with Gasteiger partial charge in [0.1, 0.15) is 0 Å². The van der Waals surface area contributed by atoms with E-state index in [4.69, 9.17) is 16.3 Å². The Bertz CT molecular complexity index is 565. The molecule has 0 aliphatic carbocycles. The van der Waals surface area contributed by atoms with Gasteiger partial charge in [-0.15, -0.1) is 11.6 Å². The molecule has 92 valence electrons. The van der Waals surface area contributed by atoms with Crippen LogP contribution in [-0.2, 0) is 18.0 Å². The Kier molecular flexibility index (Phi) is 3.42. The summed E-state index contributed by atoms with van der Waals surface area (Å²) in [5, 5.41) is -0.107. The summed E-state index contributed by atoms with van der Waals surface area (Å²) >= 11 is 9.96. The number of hydrogen-bond donors (Lipinski definition) is 0. The van der Waals surface area contributed by atoms with Gasteiger partial charge in [0.2, 0.25) is 0 Å². The largest absolute Gasteiger partial charge is 0.372 e. The first-order chi connectivity index (χ1) is 8.74. The van der Waals surface area contributed by atoms with E-state index in [1.165, 1.54) is 11.1 Å². The molecular formula is C15H12BrClO. The topological polar surface area (TPSA) is 9.23 Å². The van der Waals surface area contributed by atoms with E-state index >= 15 is 0 Å². The molecule has 1 atom stereocenters. The van der Waals surface area contributed by atoms with Gasteiger partial charge in [-0.3, -0.25) is 0 Å². The van der Waals surface area contributed by atoms with Crippen molar-refractivity contribution in [2.75, 3.05) is 0 Å². The Hall–Kier alpha value is -0.830. The van der Waals surface area contributed by atoms with E-state index < -0.39 is 0 Å². The molecule has 0 N–H and O–H groups in total. The van der Waals surface area contributed by atoms with E-state index in [0.717, 1.165) is 22.2 Å². The Balaban J connectivity index is 1.92. The third-order valence-corrected chi connectivity index (χ3v) is 4.23. The molecular weight excluding hydrogens is 312 g/mol. The van der Waals surface area contributed by atoms with Crippen LogP contribution < -0.4 is 0 Å². The van der Waals surface area contributed by atoms with Crippen LogP contribution in [0.25, 0.3) is 0 Å². The predicted molar refractivity (Wildman–Crippen MR) is 76.8 cm³/mol. The van der Waals surface area contributed by atoms with Crippen molar-refractivity contribution < 1.29 is 4.74 Å². The summed E-state index contributed by atoms with van der Waals surface area (Å²) in [7, 11) is 0. The molecule has 1 heterocycles. The molecule has 0 radical (unpaired) electrons. The second kappa shape index (κ2) is 5.04. The van der Waals surface area contributed by atoms with Gasteiger partial charge < -0.3 is 4.74 Å². The molecule has 1 nitrogen and oxygen atoms in total. The molecule has 18 heavy (non-hydrogen) atoms. The van der Waals surface area contributed by atoms with Gasteiger partial charge in [-0.25, -0.2) is 0 Å². The van der Waals surface area contributed by atoms with Crippen LogP contribution in [0.3, 0.4) is 0 Å². The summed E-state index contributed by atoms with van der Waals surface area (Å²) in [6, 6.07) is 14.5. The van der Waals surface area contributed by atoms with Gasteiger partial charge in [0.25, 0.3) is 0 Å². The van der Waals surface area contributed by atoms with Gasteiger partial charge in [-0.1, -0.05) is 46.3 Å². The van der Waals surface area contributed by atoms with E-state index in [1.54, 1.807) is 0 Å². The SMILES string of the molecule is ClC(c1ccc(Br)cc1)c1ccc2c(c1)COC2. The molecule has 1 aliphatic heterocycles. The van der Waals surface area contributed by atoms with Crippen molar-refractivity contribution in [3.8, 4) is 0 Å². The van der Waals surface area contributed by atoms with Crippen molar-refractivity contribution >= 4 is 27.5 Å². The summed E-state index contributed by atoms with van der Waals surface area (Å²) < 4.78 is 6.49. The molecule has 3 heteroatoms. The van der Waals surface area contributed by atoms with Gasteiger partial charge in [0.05, 0.1) is 18.6 Å². The minimum atomic E-state index is -0.107. The quantitative estimate of drug-likeness (QED) is 0.721. The van der Waals surface area contributed by atoms with Gasteiger partial charge in [-0.2, -0.15) is 0 Å². The maximum Gasteiger partial charge on any atom is 0.0835 e. The lowest BCUT2D eigenvalue weighted by Gasteiger charge is -2.11. The lowest BCUT2D eigenvalue weighted by atomic mass is 10.0. The highest BCUT2D eigenvalue weighted by atomic mass is 79.9. The molecule has 0 bridgehead atoms. The highest BCUT2D eigenvalue weighted by Gasteiger charge is 2.16. The van der Waals surface area contributed by atoms with Crippen LogP contribution in [0.4, 0.5) is 0 Å². The smallest absolute Gasteiger partial charge is 0.0835 e. The van der Waals surface area contributed by atoms with Gasteiger partial charge in [0, 0.05) is 4.47 Å². The fourth-order valence-electron chi connectivity index (χ4n) is 2.17. The Morgan fingerprint density at radius 2 is 1.61 bits per heavy atom. The van der Waals surface area contributed by atoms with E-state index in [-0.39, 0.29) is 5.38 Å². The second-order valence-electron chi connectivity index (χ2n) is 4.44. The Morgan fingerprint density at radius 3 is 2.39 bits per heavy atom. The molecule has 2 aromatic carbocycles. The van der Waals surface area contributed by atoms with E-state index in [2.05, 4.69) is 34.1 Å². The van der Waals surface area contributed by atoms with Gasteiger partial charge in [-0.05, 0) is 34.4 Å². The first kappa shape index (κ1) is 12.2. The number of fused-ring (bicyclic) bond motifs is 1. The van der Waals surface area contributed by atoms with Gasteiger partial charge in [0.15, 0.2) is 0 Å². The molecule has 0 aromatic heterocycles. The molecule has 0 spiro atoms. The fraction of sp³-hybridized carbons (Fsp3) is 0.200. The van der Waals surface area contributed by atoms with Crippen LogP contribution in [0.15, 0.2) is 46.9 Å². The number of ether oxygens (including phenoxy) is 1. The van der Waals surface area contributed by atoms with Gasteiger partial charge >= 0.3 is 0 Å². The van der Waals surface area contributed by atoms with Crippen molar-refractivity contribution in [2.45, 2.75) is 18.6 Å². The van der Waals surface area contributed by atoms with Crippen molar-refractivity contribution in [2.24, 2.45) is 0 Å². The zero-order chi connectivity index (χ0) is 12.5. The highest BCUT2D eigenvalue weighted by molar-refractivity contribution is 9.10.